The van der Waals surface area contributed by atoms with Crippen molar-refractivity contribution in [1.29, 1.82) is 0 Å². The predicted octanol–water partition coefficient (Wildman–Crippen LogP) is 2.75. The van der Waals surface area contributed by atoms with Crippen molar-refractivity contribution in [1.82, 2.24) is 4.90 Å². The van der Waals surface area contributed by atoms with Gasteiger partial charge in [-0.1, -0.05) is 43.7 Å². The van der Waals surface area contributed by atoms with E-state index in [0.717, 1.165) is 19.5 Å². The number of aryl methyl sites for hydroxylation is 1. The summed E-state index contributed by atoms with van der Waals surface area (Å²) in [6.07, 6.45) is 0.977. The van der Waals surface area contributed by atoms with Crippen LogP contribution in [0.4, 0.5) is 0 Å². The Morgan fingerprint density at radius 2 is 2.04 bits per heavy atom. The number of carbonyl (C=O) groups excluding carboxylic acids is 1. The van der Waals surface area contributed by atoms with E-state index in [4.69, 9.17) is 0 Å². The van der Waals surface area contributed by atoms with Gasteiger partial charge < -0.3 is 10.2 Å². The van der Waals surface area contributed by atoms with Crippen molar-refractivity contribution in [3.63, 3.8) is 0 Å². The molecule has 1 amide bonds. The molecule has 3 nitrogen and oxygen atoms in total. The van der Waals surface area contributed by atoms with Crippen molar-refractivity contribution < 1.29 is 10.1 Å². The molecular weight excluding hydrogens is 316 g/mol. The molecule has 1 aliphatic heterocycles. The van der Waals surface area contributed by atoms with Crippen LogP contribution >= 0.6 is 11.3 Å². The second-order valence-electron chi connectivity index (χ2n) is 7.07. The number of thiophene rings is 1. The lowest BCUT2D eigenvalue weighted by molar-refractivity contribution is -0.649. The van der Waals surface area contributed by atoms with Crippen molar-refractivity contribution >= 4 is 17.2 Å². The quantitative estimate of drug-likeness (QED) is 0.890. The molecule has 0 bridgehead atoms. The molecule has 2 N–H and O–H groups in total. The van der Waals surface area contributed by atoms with Gasteiger partial charge in [0.15, 0.2) is 6.54 Å². The highest BCUT2D eigenvalue weighted by atomic mass is 32.1. The van der Waals surface area contributed by atoms with Gasteiger partial charge in [0.25, 0.3) is 5.91 Å². The fraction of sp³-hybridized carbons (Fsp3) is 0.450. The highest BCUT2D eigenvalue weighted by Gasteiger charge is 2.33. The van der Waals surface area contributed by atoms with E-state index >= 15 is 0 Å². The van der Waals surface area contributed by atoms with Gasteiger partial charge in [-0.2, -0.15) is 0 Å². The minimum atomic E-state index is 0.0700. The molecule has 0 aliphatic carbocycles. The van der Waals surface area contributed by atoms with Crippen molar-refractivity contribution in [3.05, 3.63) is 57.3 Å². The standard InChI is InChI=1S/C20H26N2OS/c1-14(2)12-21-13-19(23)22-10-8-18-17(9-11-24-18)20(22)16-6-4-15(3)5-7-16/h4-7,9,11,14,20-21H,8,10,12-13H2,1-3H3/p+1/t20-/m0/s1. The van der Waals surface area contributed by atoms with Crippen LogP contribution in [0, 0.1) is 12.8 Å². The van der Waals surface area contributed by atoms with E-state index in [1.165, 1.54) is 21.6 Å². The Hall–Kier alpha value is -1.65. The monoisotopic (exact) mass is 343 g/mol. The number of hydrogen-bond acceptors (Lipinski definition) is 2. The summed E-state index contributed by atoms with van der Waals surface area (Å²) in [5.41, 5.74) is 3.78. The van der Waals surface area contributed by atoms with E-state index in [9.17, 15) is 4.79 Å². The third-order valence-corrected chi connectivity index (χ3v) is 5.63. The number of benzene rings is 1. The van der Waals surface area contributed by atoms with Gasteiger partial charge in [0, 0.05) is 17.3 Å². The lowest BCUT2D eigenvalue weighted by Crippen LogP contribution is -2.87. The third-order valence-electron chi connectivity index (χ3n) is 4.64. The molecule has 0 spiro atoms. The largest absolute Gasteiger partial charge is 0.338 e. The van der Waals surface area contributed by atoms with Crippen molar-refractivity contribution in [2.24, 2.45) is 5.92 Å². The zero-order valence-electron chi connectivity index (χ0n) is 14.8. The number of quaternary nitrogens is 1. The van der Waals surface area contributed by atoms with Crippen LogP contribution in [0.3, 0.4) is 0 Å². The Labute approximate surface area is 148 Å². The maximum absolute atomic E-state index is 12.9. The first-order valence-electron chi connectivity index (χ1n) is 8.80. The number of hydrogen-bond donors (Lipinski definition) is 1. The molecule has 1 aromatic carbocycles. The average Bonchev–Trinajstić information content (AvgIpc) is 3.03. The highest BCUT2D eigenvalue weighted by Crippen LogP contribution is 2.37. The molecule has 0 fully saturated rings. The summed E-state index contributed by atoms with van der Waals surface area (Å²) in [6.45, 7) is 8.84. The molecule has 2 heterocycles. The van der Waals surface area contributed by atoms with Crippen molar-refractivity contribution in [2.45, 2.75) is 33.2 Å². The molecule has 3 rings (SSSR count). The van der Waals surface area contributed by atoms with E-state index in [-0.39, 0.29) is 11.9 Å². The van der Waals surface area contributed by atoms with Crippen molar-refractivity contribution in [2.75, 3.05) is 19.6 Å². The van der Waals surface area contributed by atoms with Gasteiger partial charge in [-0.05, 0) is 35.9 Å². The SMILES string of the molecule is Cc1ccc([C@H]2c3ccsc3CCN2C(=O)C[NH2+]CC(C)C)cc1. The van der Waals surface area contributed by atoms with Gasteiger partial charge in [-0.15, -0.1) is 11.3 Å². The minimum absolute atomic E-state index is 0.0700. The minimum Gasteiger partial charge on any atom is -0.338 e. The molecule has 24 heavy (non-hydrogen) atoms. The van der Waals surface area contributed by atoms with Gasteiger partial charge in [-0.3, -0.25) is 4.79 Å². The summed E-state index contributed by atoms with van der Waals surface area (Å²) in [4.78, 5) is 16.4. The van der Waals surface area contributed by atoms with E-state index in [0.29, 0.717) is 12.5 Å². The number of rotatable bonds is 5. The molecule has 2 aromatic rings. The van der Waals surface area contributed by atoms with Crippen LogP contribution < -0.4 is 5.32 Å². The lowest BCUT2D eigenvalue weighted by atomic mass is 9.92. The van der Waals surface area contributed by atoms with Gasteiger partial charge in [0.05, 0.1) is 12.6 Å². The number of carbonyl (C=O) groups is 1. The van der Waals surface area contributed by atoms with Gasteiger partial charge in [-0.25, -0.2) is 0 Å². The maximum Gasteiger partial charge on any atom is 0.278 e. The number of nitrogens with zero attached hydrogens (tertiary/aromatic N) is 1. The second-order valence-corrected chi connectivity index (χ2v) is 8.07. The molecule has 0 saturated heterocycles. The van der Waals surface area contributed by atoms with Crippen LogP contribution in [-0.4, -0.2) is 30.4 Å². The van der Waals surface area contributed by atoms with Crippen LogP contribution in [0.15, 0.2) is 35.7 Å². The first-order valence-corrected chi connectivity index (χ1v) is 9.68. The van der Waals surface area contributed by atoms with Crippen LogP contribution in [0.1, 0.15) is 41.5 Å². The Kier molecular flexibility index (Phi) is 5.36. The molecule has 0 unspecified atom stereocenters. The third kappa shape index (κ3) is 3.70. The predicted molar refractivity (Wildman–Crippen MR) is 99.3 cm³/mol. The Morgan fingerprint density at radius 1 is 1.29 bits per heavy atom. The summed E-state index contributed by atoms with van der Waals surface area (Å²) in [5, 5.41) is 4.30. The van der Waals surface area contributed by atoms with Crippen LogP contribution in [0.2, 0.25) is 0 Å². The number of nitrogens with two attached hydrogens (primary N) is 1. The average molecular weight is 344 g/mol. The molecule has 1 aromatic heterocycles. The molecule has 0 radical (unpaired) electrons. The smallest absolute Gasteiger partial charge is 0.278 e. The maximum atomic E-state index is 12.9. The fourth-order valence-corrected chi connectivity index (χ4v) is 4.25. The summed E-state index contributed by atoms with van der Waals surface area (Å²) in [5.74, 6) is 0.855. The van der Waals surface area contributed by atoms with E-state index in [2.05, 4.69) is 66.7 Å². The first kappa shape index (κ1) is 17.2. The highest BCUT2D eigenvalue weighted by molar-refractivity contribution is 7.10. The molecule has 4 heteroatoms. The van der Waals surface area contributed by atoms with Crippen molar-refractivity contribution in [3.8, 4) is 0 Å². The van der Waals surface area contributed by atoms with Crippen LogP contribution in [0.5, 0.6) is 0 Å². The zero-order valence-corrected chi connectivity index (χ0v) is 15.6. The number of fused-ring (bicyclic) bond motifs is 1. The number of amides is 1. The molecule has 0 saturated carbocycles. The van der Waals surface area contributed by atoms with E-state index < -0.39 is 0 Å². The second kappa shape index (κ2) is 7.49. The normalized spacial score (nSPS) is 17.2. The Balaban J connectivity index is 1.84. The molecule has 128 valence electrons. The Bertz CT molecular complexity index is 690. The molecule has 1 atom stereocenters. The zero-order chi connectivity index (χ0) is 17.1. The van der Waals surface area contributed by atoms with Crippen LogP contribution in [-0.2, 0) is 11.2 Å². The topological polar surface area (TPSA) is 36.9 Å². The fourth-order valence-electron chi connectivity index (χ4n) is 3.35. The molecular formula is C20H27N2OS+. The summed E-state index contributed by atoms with van der Waals surface area (Å²) in [6, 6.07) is 10.9. The lowest BCUT2D eigenvalue weighted by Gasteiger charge is -2.36. The summed E-state index contributed by atoms with van der Waals surface area (Å²) >= 11 is 1.82. The summed E-state index contributed by atoms with van der Waals surface area (Å²) in [7, 11) is 0. The van der Waals surface area contributed by atoms with Crippen LogP contribution in [0.25, 0.3) is 0 Å². The van der Waals surface area contributed by atoms with Gasteiger partial charge in [0.1, 0.15) is 0 Å². The van der Waals surface area contributed by atoms with E-state index in [1.807, 2.05) is 11.3 Å². The van der Waals surface area contributed by atoms with Gasteiger partial charge in [0.2, 0.25) is 0 Å². The molecule has 1 aliphatic rings. The van der Waals surface area contributed by atoms with Gasteiger partial charge >= 0.3 is 0 Å². The first-order chi connectivity index (χ1) is 11.6. The van der Waals surface area contributed by atoms with E-state index in [1.54, 1.807) is 0 Å². The summed E-state index contributed by atoms with van der Waals surface area (Å²) < 4.78 is 0. The Morgan fingerprint density at radius 3 is 2.75 bits per heavy atom.